The molecular formula is C16H21N5O3. The molecule has 1 atom stereocenters. The number of imide groups is 1. The largest absolute Gasteiger partial charge is 0.497 e. The monoisotopic (exact) mass is 331 g/mol. The number of aromatic nitrogens is 2. The molecule has 8 heteroatoms. The molecule has 8 nitrogen and oxygen atoms in total. The van der Waals surface area contributed by atoms with Gasteiger partial charge in [0.05, 0.1) is 20.2 Å². The van der Waals surface area contributed by atoms with Gasteiger partial charge in [-0.2, -0.15) is 5.10 Å². The summed E-state index contributed by atoms with van der Waals surface area (Å²) in [6.45, 7) is 2.61. The summed E-state index contributed by atoms with van der Waals surface area (Å²) < 4.78 is 6.80. The molecule has 0 aliphatic carbocycles. The van der Waals surface area contributed by atoms with Crippen molar-refractivity contribution < 1.29 is 14.3 Å². The Bertz CT molecular complexity index is 655. The molecule has 128 valence electrons. The highest BCUT2D eigenvalue weighted by Crippen LogP contribution is 2.14. The first kappa shape index (κ1) is 17.5. The maximum absolute atomic E-state index is 11.8. The maximum Gasteiger partial charge on any atom is 0.325 e. The summed E-state index contributed by atoms with van der Waals surface area (Å²) in [7, 11) is 1.56. The molecule has 0 saturated carbocycles. The molecule has 0 bridgehead atoms. The standard InChI is InChI=1S/C16H21N5O3/c1-12(11-21-9-3-8-18-21)17-10-15(22)20-16(23)19-13-4-6-14(24-2)7-5-13/h3-9,12,17H,10-11H2,1-2H3,(H2,19,20,22,23). The Labute approximate surface area is 140 Å². The van der Waals surface area contributed by atoms with Gasteiger partial charge in [0.2, 0.25) is 5.91 Å². The van der Waals surface area contributed by atoms with Gasteiger partial charge in [-0.25, -0.2) is 4.79 Å². The highest BCUT2D eigenvalue weighted by atomic mass is 16.5. The summed E-state index contributed by atoms with van der Waals surface area (Å²) in [6.07, 6.45) is 3.55. The normalized spacial score (nSPS) is 11.6. The number of nitrogens with zero attached hydrogens (tertiary/aromatic N) is 2. The number of ether oxygens (including phenoxy) is 1. The number of anilines is 1. The lowest BCUT2D eigenvalue weighted by molar-refractivity contribution is -0.119. The summed E-state index contributed by atoms with van der Waals surface area (Å²) in [5.41, 5.74) is 0.570. The third kappa shape index (κ3) is 5.73. The average Bonchev–Trinajstić information content (AvgIpc) is 3.06. The Morgan fingerprint density at radius 2 is 2.04 bits per heavy atom. The zero-order valence-corrected chi connectivity index (χ0v) is 13.7. The van der Waals surface area contributed by atoms with E-state index in [2.05, 4.69) is 21.0 Å². The quantitative estimate of drug-likeness (QED) is 0.709. The van der Waals surface area contributed by atoms with Crippen LogP contribution in [0.3, 0.4) is 0 Å². The molecule has 0 saturated heterocycles. The van der Waals surface area contributed by atoms with Gasteiger partial charge in [-0.1, -0.05) is 0 Å². The topological polar surface area (TPSA) is 97.3 Å². The predicted molar refractivity (Wildman–Crippen MR) is 89.8 cm³/mol. The minimum atomic E-state index is -0.577. The van der Waals surface area contributed by atoms with E-state index in [0.29, 0.717) is 18.0 Å². The molecule has 0 aliphatic rings. The van der Waals surface area contributed by atoms with Crippen LogP contribution in [0.4, 0.5) is 10.5 Å². The van der Waals surface area contributed by atoms with E-state index in [1.807, 2.05) is 19.2 Å². The number of carbonyl (C=O) groups excluding carboxylic acids is 2. The Balaban J connectivity index is 1.69. The van der Waals surface area contributed by atoms with Gasteiger partial charge in [0, 0.05) is 24.1 Å². The maximum atomic E-state index is 11.8. The molecule has 1 heterocycles. The Kier molecular flexibility index (Phi) is 6.32. The minimum absolute atomic E-state index is 0.0401. The van der Waals surface area contributed by atoms with E-state index < -0.39 is 11.9 Å². The van der Waals surface area contributed by atoms with E-state index in [9.17, 15) is 9.59 Å². The second kappa shape index (κ2) is 8.68. The van der Waals surface area contributed by atoms with E-state index in [1.165, 1.54) is 0 Å². The SMILES string of the molecule is COc1ccc(NC(=O)NC(=O)CNC(C)Cn2cccn2)cc1. The van der Waals surface area contributed by atoms with Crippen molar-refractivity contribution in [2.24, 2.45) is 0 Å². The highest BCUT2D eigenvalue weighted by molar-refractivity contribution is 6.01. The summed E-state index contributed by atoms with van der Waals surface area (Å²) in [6, 6.07) is 8.11. The molecule has 0 spiro atoms. The molecule has 1 aromatic carbocycles. The van der Waals surface area contributed by atoms with Gasteiger partial charge >= 0.3 is 6.03 Å². The van der Waals surface area contributed by atoms with Crippen LogP contribution in [0.15, 0.2) is 42.7 Å². The first-order valence-electron chi connectivity index (χ1n) is 7.52. The van der Waals surface area contributed by atoms with Crippen molar-refractivity contribution >= 4 is 17.6 Å². The van der Waals surface area contributed by atoms with Crippen LogP contribution in [0, 0.1) is 0 Å². The van der Waals surface area contributed by atoms with Crippen LogP contribution in [0.1, 0.15) is 6.92 Å². The third-order valence-corrected chi connectivity index (χ3v) is 3.23. The van der Waals surface area contributed by atoms with Gasteiger partial charge in [-0.15, -0.1) is 0 Å². The fourth-order valence-corrected chi connectivity index (χ4v) is 2.03. The van der Waals surface area contributed by atoms with Gasteiger partial charge in [0.25, 0.3) is 0 Å². The second-order valence-electron chi connectivity index (χ2n) is 5.24. The van der Waals surface area contributed by atoms with Crippen LogP contribution < -0.4 is 20.7 Å². The number of hydrogen-bond acceptors (Lipinski definition) is 5. The number of urea groups is 1. The number of amides is 3. The molecule has 3 N–H and O–H groups in total. The van der Waals surface area contributed by atoms with Crippen LogP contribution >= 0.6 is 0 Å². The van der Waals surface area contributed by atoms with Crippen molar-refractivity contribution in [3.8, 4) is 5.75 Å². The molecule has 2 rings (SSSR count). The number of rotatable bonds is 7. The van der Waals surface area contributed by atoms with Gasteiger partial charge in [0.15, 0.2) is 0 Å². The number of benzene rings is 1. The number of nitrogens with one attached hydrogen (secondary N) is 3. The molecule has 1 aromatic heterocycles. The van der Waals surface area contributed by atoms with E-state index in [4.69, 9.17) is 4.74 Å². The van der Waals surface area contributed by atoms with Gasteiger partial charge in [-0.05, 0) is 37.3 Å². The van der Waals surface area contributed by atoms with Crippen LogP contribution in [0.25, 0.3) is 0 Å². The molecule has 0 aliphatic heterocycles. The highest BCUT2D eigenvalue weighted by Gasteiger charge is 2.10. The smallest absolute Gasteiger partial charge is 0.325 e. The molecule has 0 radical (unpaired) electrons. The average molecular weight is 331 g/mol. The lowest BCUT2D eigenvalue weighted by atomic mass is 10.3. The van der Waals surface area contributed by atoms with Gasteiger partial charge < -0.3 is 15.4 Å². The summed E-state index contributed by atoms with van der Waals surface area (Å²) in [5.74, 6) is 0.278. The number of carbonyl (C=O) groups is 2. The zero-order chi connectivity index (χ0) is 17.4. The molecule has 3 amide bonds. The van der Waals surface area contributed by atoms with E-state index in [-0.39, 0.29) is 12.6 Å². The lowest BCUT2D eigenvalue weighted by Gasteiger charge is -2.13. The Morgan fingerprint density at radius 3 is 2.67 bits per heavy atom. The van der Waals surface area contributed by atoms with E-state index in [0.717, 1.165) is 0 Å². The van der Waals surface area contributed by atoms with Crippen molar-refractivity contribution in [2.75, 3.05) is 19.0 Å². The molecule has 0 fully saturated rings. The van der Waals surface area contributed by atoms with Crippen molar-refractivity contribution in [2.45, 2.75) is 19.5 Å². The Morgan fingerprint density at radius 1 is 1.29 bits per heavy atom. The molecule has 1 unspecified atom stereocenters. The van der Waals surface area contributed by atoms with Crippen LogP contribution in [0.2, 0.25) is 0 Å². The molecular weight excluding hydrogens is 310 g/mol. The first-order chi connectivity index (χ1) is 11.6. The Hall–Kier alpha value is -2.87. The summed E-state index contributed by atoms with van der Waals surface area (Å²) in [4.78, 5) is 23.5. The number of methoxy groups -OCH3 is 1. The predicted octanol–water partition coefficient (Wildman–Crippen LogP) is 1.22. The van der Waals surface area contributed by atoms with Crippen LogP contribution in [-0.4, -0.2) is 41.4 Å². The summed E-state index contributed by atoms with van der Waals surface area (Å²) in [5, 5.41) is 12.0. The van der Waals surface area contributed by atoms with E-state index >= 15 is 0 Å². The van der Waals surface area contributed by atoms with Crippen LogP contribution in [-0.2, 0) is 11.3 Å². The summed E-state index contributed by atoms with van der Waals surface area (Å²) >= 11 is 0. The number of hydrogen-bond donors (Lipinski definition) is 3. The second-order valence-corrected chi connectivity index (χ2v) is 5.24. The lowest BCUT2D eigenvalue weighted by Crippen LogP contribution is -2.43. The van der Waals surface area contributed by atoms with Crippen molar-refractivity contribution in [1.82, 2.24) is 20.4 Å². The van der Waals surface area contributed by atoms with Crippen molar-refractivity contribution in [3.63, 3.8) is 0 Å². The van der Waals surface area contributed by atoms with Crippen molar-refractivity contribution in [1.29, 1.82) is 0 Å². The fraction of sp³-hybridized carbons (Fsp3) is 0.312. The van der Waals surface area contributed by atoms with Crippen molar-refractivity contribution in [3.05, 3.63) is 42.7 Å². The first-order valence-corrected chi connectivity index (χ1v) is 7.52. The van der Waals surface area contributed by atoms with Gasteiger partial charge in [0.1, 0.15) is 5.75 Å². The van der Waals surface area contributed by atoms with Gasteiger partial charge in [-0.3, -0.25) is 14.8 Å². The fourth-order valence-electron chi connectivity index (χ4n) is 2.03. The molecule has 24 heavy (non-hydrogen) atoms. The third-order valence-electron chi connectivity index (χ3n) is 3.23. The van der Waals surface area contributed by atoms with Crippen LogP contribution in [0.5, 0.6) is 5.75 Å². The zero-order valence-electron chi connectivity index (χ0n) is 13.7. The minimum Gasteiger partial charge on any atom is -0.497 e. The van der Waals surface area contributed by atoms with E-state index in [1.54, 1.807) is 42.3 Å². The molecule has 2 aromatic rings.